The van der Waals surface area contributed by atoms with Crippen LogP contribution in [0.3, 0.4) is 0 Å². The lowest BCUT2D eigenvalue weighted by atomic mass is 10.0. The van der Waals surface area contributed by atoms with Crippen LogP contribution < -0.4 is 11.3 Å². The molecule has 0 aliphatic rings. The van der Waals surface area contributed by atoms with Crippen LogP contribution in [-0.4, -0.2) is 4.98 Å². The van der Waals surface area contributed by atoms with E-state index in [0.717, 1.165) is 15.6 Å². The van der Waals surface area contributed by atoms with Gasteiger partial charge in [0.15, 0.2) is 0 Å². The van der Waals surface area contributed by atoms with Crippen molar-refractivity contribution in [3.05, 3.63) is 62.3 Å². The molecule has 0 saturated carbocycles. The number of nitrogens with zero attached hydrogens (tertiary/aromatic N) is 1. The third-order valence-corrected chi connectivity index (χ3v) is 3.98. The van der Waals surface area contributed by atoms with Crippen molar-refractivity contribution in [1.82, 2.24) is 10.4 Å². The first-order chi connectivity index (χ1) is 9.11. The molecule has 1 aromatic heterocycles. The number of benzene rings is 1. The average molecular weight is 361 g/mol. The molecule has 1 unspecified atom stereocenters. The van der Waals surface area contributed by atoms with Crippen LogP contribution in [0.15, 0.2) is 41.1 Å². The Morgan fingerprint density at radius 2 is 2.05 bits per heavy atom. The molecule has 0 aliphatic carbocycles. The first kappa shape index (κ1) is 14.8. The van der Waals surface area contributed by atoms with Gasteiger partial charge < -0.3 is 0 Å². The maximum atomic E-state index is 6.21. The third kappa shape index (κ3) is 3.68. The molecule has 1 atom stereocenters. The third-order valence-electron chi connectivity index (χ3n) is 2.82. The highest BCUT2D eigenvalue weighted by atomic mass is 79.9. The predicted molar refractivity (Wildman–Crippen MR) is 82.2 cm³/mol. The zero-order chi connectivity index (χ0) is 13.8. The van der Waals surface area contributed by atoms with E-state index in [4.69, 9.17) is 29.0 Å². The molecule has 19 heavy (non-hydrogen) atoms. The van der Waals surface area contributed by atoms with Gasteiger partial charge in [-0.25, -0.2) is 0 Å². The molecule has 2 rings (SSSR count). The van der Waals surface area contributed by atoms with Crippen molar-refractivity contribution in [2.45, 2.75) is 12.5 Å². The molecule has 1 heterocycles. The summed E-state index contributed by atoms with van der Waals surface area (Å²) in [6.45, 7) is 0. The zero-order valence-corrected chi connectivity index (χ0v) is 13.0. The quantitative estimate of drug-likeness (QED) is 0.642. The number of hydrogen-bond acceptors (Lipinski definition) is 3. The first-order valence-corrected chi connectivity index (χ1v) is 7.16. The van der Waals surface area contributed by atoms with Gasteiger partial charge in [-0.3, -0.25) is 16.3 Å². The molecule has 6 heteroatoms. The maximum Gasteiger partial charge on any atom is 0.0637 e. The van der Waals surface area contributed by atoms with Crippen molar-refractivity contribution < 1.29 is 0 Å². The highest BCUT2D eigenvalue weighted by Crippen LogP contribution is 2.28. The van der Waals surface area contributed by atoms with Gasteiger partial charge in [-0.15, -0.1) is 0 Å². The number of nitrogens with one attached hydrogen (secondary N) is 1. The number of aromatic nitrogens is 1. The van der Waals surface area contributed by atoms with Crippen molar-refractivity contribution in [2.75, 3.05) is 0 Å². The number of rotatable bonds is 4. The van der Waals surface area contributed by atoms with Gasteiger partial charge in [0, 0.05) is 21.9 Å². The molecule has 3 N–H and O–H groups in total. The molecule has 0 aliphatic heterocycles. The Morgan fingerprint density at radius 1 is 1.26 bits per heavy atom. The van der Waals surface area contributed by atoms with Crippen LogP contribution in [-0.2, 0) is 6.42 Å². The molecular formula is C13H12BrCl2N3. The summed E-state index contributed by atoms with van der Waals surface area (Å²) in [6, 6.07) is 7.50. The fourth-order valence-corrected chi connectivity index (χ4v) is 2.84. The smallest absolute Gasteiger partial charge is 0.0637 e. The minimum atomic E-state index is -0.117. The second-order valence-corrected chi connectivity index (χ2v) is 5.79. The summed E-state index contributed by atoms with van der Waals surface area (Å²) in [4.78, 5) is 3.97. The Morgan fingerprint density at radius 3 is 2.68 bits per heavy atom. The fourth-order valence-electron chi connectivity index (χ4n) is 1.83. The van der Waals surface area contributed by atoms with E-state index in [9.17, 15) is 0 Å². The second kappa shape index (κ2) is 6.68. The summed E-state index contributed by atoms with van der Waals surface area (Å²) in [7, 11) is 0. The van der Waals surface area contributed by atoms with Crippen LogP contribution in [0.5, 0.6) is 0 Å². The minimum absolute atomic E-state index is 0.117. The maximum absolute atomic E-state index is 6.21. The molecule has 0 amide bonds. The molecule has 2 aromatic rings. The van der Waals surface area contributed by atoms with Crippen molar-refractivity contribution in [2.24, 2.45) is 5.84 Å². The van der Waals surface area contributed by atoms with E-state index in [-0.39, 0.29) is 6.04 Å². The average Bonchev–Trinajstić information content (AvgIpc) is 2.39. The number of halogens is 3. The molecule has 0 fully saturated rings. The molecule has 1 aromatic carbocycles. The molecule has 100 valence electrons. The van der Waals surface area contributed by atoms with Gasteiger partial charge in [0.05, 0.1) is 11.1 Å². The Kier molecular flexibility index (Phi) is 5.19. The summed E-state index contributed by atoms with van der Waals surface area (Å²) < 4.78 is 0.945. The van der Waals surface area contributed by atoms with Gasteiger partial charge in [0.2, 0.25) is 0 Å². The summed E-state index contributed by atoms with van der Waals surface area (Å²) in [5.41, 5.74) is 4.67. The van der Waals surface area contributed by atoms with Gasteiger partial charge in [-0.2, -0.15) is 0 Å². The number of hydrazine groups is 1. The Bertz CT molecular complexity index is 578. The van der Waals surface area contributed by atoms with Crippen molar-refractivity contribution in [1.29, 1.82) is 0 Å². The number of hydrogen-bond donors (Lipinski definition) is 2. The van der Waals surface area contributed by atoms with Crippen LogP contribution in [0.2, 0.25) is 10.0 Å². The summed E-state index contributed by atoms with van der Waals surface area (Å²) in [5.74, 6) is 5.62. The van der Waals surface area contributed by atoms with E-state index in [2.05, 4.69) is 26.3 Å². The molecule has 0 bridgehead atoms. The van der Waals surface area contributed by atoms with Crippen molar-refractivity contribution in [3.63, 3.8) is 0 Å². The van der Waals surface area contributed by atoms with Gasteiger partial charge in [0.1, 0.15) is 0 Å². The van der Waals surface area contributed by atoms with Gasteiger partial charge in [-0.05, 0) is 35.7 Å². The molecule has 3 nitrogen and oxygen atoms in total. The molecule has 0 spiro atoms. The van der Waals surface area contributed by atoms with E-state index in [0.29, 0.717) is 16.5 Å². The van der Waals surface area contributed by atoms with Gasteiger partial charge in [-0.1, -0.05) is 45.2 Å². The fraction of sp³-hybridized carbons (Fsp3) is 0.154. The lowest BCUT2D eigenvalue weighted by Gasteiger charge is -2.18. The SMILES string of the molecule is NNC(Cc1ccc(Br)cc1Cl)c1ccncc1Cl. The van der Waals surface area contributed by atoms with Crippen molar-refractivity contribution >= 4 is 39.1 Å². The van der Waals surface area contributed by atoms with E-state index < -0.39 is 0 Å². The highest BCUT2D eigenvalue weighted by molar-refractivity contribution is 9.10. The van der Waals surface area contributed by atoms with Crippen LogP contribution >= 0.6 is 39.1 Å². The second-order valence-electron chi connectivity index (χ2n) is 4.06. The normalized spacial score (nSPS) is 12.4. The number of pyridine rings is 1. The van der Waals surface area contributed by atoms with Gasteiger partial charge in [0.25, 0.3) is 0 Å². The first-order valence-electron chi connectivity index (χ1n) is 5.61. The van der Waals surface area contributed by atoms with E-state index in [1.807, 2.05) is 24.3 Å². The van der Waals surface area contributed by atoms with Gasteiger partial charge >= 0.3 is 0 Å². The van der Waals surface area contributed by atoms with Crippen LogP contribution in [0.1, 0.15) is 17.2 Å². The Hall–Kier alpha value is -0.650. The Labute approximate surface area is 130 Å². The summed E-state index contributed by atoms with van der Waals surface area (Å²) >= 11 is 15.7. The predicted octanol–water partition coefficient (Wildman–Crippen LogP) is 3.90. The van der Waals surface area contributed by atoms with Crippen LogP contribution in [0.25, 0.3) is 0 Å². The lowest BCUT2D eigenvalue weighted by molar-refractivity contribution is 0.551. The van der Waals surface area contributed by atoms with Crippen LogP contribution in [0, 0.1) is 0 Å². The lowest BCUT2D eigenvalue weighted by Crippen LogP contribution is -2.29. The standard InChI is InChI=1S/C13H12BrCl2N3/c14-9-2-1-8(11(15)6-9)5-13(19-17)10-3-4-18-7-12(10)16/h1-4,6-7,13,19H,5,17H2. The molecular weight excluding hydrogens is 349 g/mol. The van der Waals surface area contributed by atoms with E-state index in [1.54, 1.807) is 12.4 Å². The van der Waals surface area contributed by atoms with Crippen molar-refractivity contribution in [3.8, 4) is 0 Å². The van der Waals surface area contributed by atoms with Crippen LogP contribution in [0.4, 0.5) is 0 Å². The molecule has 0 saturated heterocycles. The highest BCUT2D eigenvalue weighted by Gasteiger charge is 2.15. The van der Waals surface area contributed by atoms with E-state index >= 15 is 0 Å². The minimum Gasteiger partial charge on any atom is -0.271 e. The largest absolute Gasteiger partial charge is 0.271 e. The topological polar surface area (TPSA) is 50.9 Å². The Balaban J connectivity index is 2.27. The number of nitrogens with two attached hydrogens (primary N) is 1. The molecule has 0 radical (unpaired) electrons. The zero-order valence-electron chi connectivity index (χ0n) is 9.91. The summed E-state index contributed by atoms with van der Waals surface area (Å²) in [6.07, 6.45) is 3.94. The van der Waals surface area contributed by atoms with E-state index in [1.165, 1.54) is 0 Å². The summed E-state index contributed by atoms with van der Waals surface area (Å²) in [5, 5.41) is 1.28. The monoisotopic (exact) mass is 359 g/mol.